The largest absolute Gasteiger partial charge is 0.497 e. The zero-order valence-corrected chi connectivity index (χ0v) is 19.6. The molecule has 1 aromatic carbocycles. The molecule has 0 radical (unpaired) electrons. The number of nitrogens with zero attached hydrogens (tertiary/aromatic N) is 4. The van der Waals surface area contributed by atoms with E-state index in [0.717, 1.165) is 22.7 Å². The van der Waals surface area contributed by atoms with Gasteiger partial charge in [-0.25, -0.2) is 9.97 Å². The molecule has 10 heteroatoms. The number of benzene rings is 1. The average Bonchev–Trinajstić information content (AvgIpc) is 3.31. The summed E-state index contributed by atoms with van der Waals surface area (Å²) in [5, 5.41) is 12.6. The first-order valence-electron chi connectivity index (χ1n) is 10.7. The standard InChI is InChI=1S/C24H23N5O4S/c1-32-18-5-3-4-16(12-18)21-19(13-25)34-24(27-21)28-22(30)17-6-7-20(26-14-17)29-10-8-15(9-11-29)23(31)33-2/h3-7,12,14-15H,8-11H2,1-2H3,(H,27,28,30). The molecule has 0 bridgehead atoms. The van der Waals surface area contributed by atoms with Crippen LogP contribution in [0.3, 0.4) is 0 Å². The zero-order chi connectivity index (χ0) is 24.1. The third kappa shape index (κ3) is 5.00. The fourth-order valence-corrected chi connectivity index (χ4v) is 4.58. The molecule has 2 aromatic heterocycles. The van der Waals surface area contributed by atoms with Gasteiger partial charge in [0.25, 0.3) is 5.91 Å². The van der Waals surface area contributed by atoms with Crippen molar-refractivity contribution in [1.82, 2.24) is 9.97 Å². The Balaban J connectivity index is 1.43. The van der Waals surface area contributed by atoms with E-state index in [1.54, 1.807) is 25.3 Å². The van der Waals surface area contributed by atoms with Crippen molar-refractivity contribution in [3.8, 4) is 23.1 Å². The van der Waals surface area contributed by atoms with E-state index in [9.17, 15) is 14.9 Å². The predicted molar refractivity (Wildman–Crippen MR) is 128 cm³/mol. The third-order valence-corrected chi connectivity index (χ3v) is 6.53. The SMILES string of the molecule is COC(=O)C1CCN(c2ccc(C(=O)Nc3nc(-c4cccc(OC)c4)c(C#N)s3)cn2)CC1. The van der Waals surface area contributed by atoms with E-state index in [1.807, 2.05) is 18.2 Å². The number of carbonyl (C=O) groups is 2. The molecule has 0 atom stereocenters. The number of hydrogen-bond donors (Lipinski definition) is 1. The Morgan fingerprint density at radius 1 is 1.21 bits per heavy atom. The van der Waals surface area contributed by atoms with Crippen molar-refractivity contribution in [2.45, 2.75) is 12.8 Å². The summed E-state index contributed by atoms with van der Waals surface area (Å²) in [6, 6.07) is 12.9. The second kappa shape index (κ2) is 10.3. The normalized spacial score (nSPS) is 13.7. The molecule has 1 aliphatic heterocycles. The molecule has 3 aromatic rings. The number of nitrogens with one attached hydrogen (secondary N) is 1. The summed E-state index contributed by atoms with van der Waals surface area (Å²) in [7, 11) is 2.98. The van der Waals surface area contributed by atoms with Crippen LogP contribution < -0.4 is 15.0 Å². The molecule has 1 N–H and O–H groups in total. The van der Waals surface area contributed by atoms with Crippen LogP contribution in [0.25, 0.3) is 11.3 Å². The van der Waals surface area contributed by atoms with E-state index in [1.165, 1.54) is 13.3 Å². The first-order chi connectivity index (χ1) is 16.5. The molecule has 9 nitrogen and oxygen atoms in total. The Bertz CT molecular complexity index is 1230. The maximum atomic E-state index is 12.7. The maximum Gasteiger partial charge on any atom is 0.308 e. The van der Waals surface area contributed by atoms with Gasteiger partial charge in [-0.3, -0.25) is 14.9 Å². The highest BCUT2D eigenvalue weighted by molar-refractivity contribution is 7.16. The molecule has 34 heavy (non-hydrogen) atoms. The topological polar surface area (TPSA) is 117 Å². The summed E-state index contributed by atoms with van der Waals surface area (Å²) in [4.78, 5) is 35.8. The Hall–Kier alpha value is -3.97. The minimum Gasteiger partial charge on any atom is -0.497 e. The first-order valence-corrected chi connectivity index (χ1v) is 11.5. The number of rotatable bonds is 6. The molecule has 174 valence electrons. The van der Waals surface area contributed by atoms with Crippen molar-refractivity contribution < 1.29 is 19.1 Å². The first kappa shape index (κ1) is 23.2. The van der Waals surface area contributed by atoms with Crippen LogP contribution in [-0.2, 0) is 9.53 Å². The molecular formula is C24H23N5O4S. The number of anilines is 2. The van der Waals surface area contributed by atoms with Crippen LogP contribution in [0.1, 0.15) is 28.1 Å². The summed E-state index contributed by atoms with van der Waals surface area (Å²) in [6.45, 7) is 1.39. The summed E-state index contributed by atoms with van der Waals surface area (Å²) < 4.78 is 10.1. The fourth-order valence-electron chi connectivity index (χ4n) is 3.80. The smallest absolute Gasteiger partial charge is 0.308 e. The number of aromatic nitrogens is 2. The van der Waals surface area contributed by atoms with Crippen LogP contribution >= 0.6 is 11.3 Å². The second-order valence-corrected chi connectivity index (χ2v) is 8.68. The van der Waals surface area contributed by atoms with Gasteiger partial charge in [0.15, 0.2) is 5.13 Å². The highest BCUT2D eigenvalue weighted by atomic mass is 32.1. The van der Waals surface area contributed by atoms with Gasteiger partial charge in [-0.05, 0) is 37.1 Å². The fraction of sp³-hybridized carbons (Fsp3) is 0.292. The number of nitriles is 1. The number of carbonyl (C=O) groups excluding carboxylic acids is 2. The van der Waals surface area contributed by atoms with E-state index in [4.69, 9.17) is 9.47 Å². The highest BCUT2D eigenvalue weighted by Crippen LogP contribution is 2.32. The molecule has 1 saturated heterocycles. The van der Waals surface area contributed by atoms with Gasteiger partial charge in [0.2, 0.25) is 0 Å². The van der Waals surface area contributed by atoms with E-state index in [2.05, 4.69) is 26.3 Å². The Morgan fingerprint density at radius 2 is 2.00 bits per heavy atom. The number of hydrogen-bond acceptors (Lipinski definition) is 9. The van der Waals surface area contributed by atoms with Crippen molar-refractivity contribution >= 4 is 34.2 Å². The van der Waals surface area contributed by atoms with Gasteiger partial charge in [0.05, 0.1) is 25.7 Å². The van der Waals surface area contributed by atoms with Crippen molar-refractivity contribution in [3.63, 3.8) is 0 Å². The van der Waals surface area contributed by atoms with Gasteiger partial charge in [-0.2, -0.15) is 5.26 Å². The molecule has 4 rings (SSSR count). The predicted octanol–water partition coefficient (Wildman–Crippen LogP) is 3.73. The molecule has 0 aliphatic carbocycles. The summed E-state index contributed by atoms with van der Waals surface area (Å²) >= 11 is 1.11. The quantitative estimate of drug-likeness (QED) is 0.534. The number of methoxy groups -OCH3 is 2. The van der Waals surface area contributed by atoms with E-state index in [-0.39, 0.29) is 17.8 Å². The number of esters is 1. The molecule has 0 unspecified atom stereocenters. The van der Waals surface area contributed by atoms with Crippen LogP contribution in [0, 0.1) is 17.2 Å². The van der Waals surface area contributed by atoms with Crippen molar-refractivity contribution in [2.75, 3.05) is 37.5 Å². The second-order valence-electron chi connectivity index (χ2n) is 7.68. The van der Waals surface area contributed by atoms with Crippen molar-refractivity contribution in [3.05, 3.63) is 53.0 Å². The van der Waals surface area contributed by atoms with Gasteiger partial charge < -0.3 is 14.4 Å². The number of ether oxygens (including phenoxy) is 2. The average molecular weight is 478 g/mol. The van der Waals surface area contributed by atoms with Crippen LogP contribution in [0.5, 0.6) is 5.75 Å². The van der Waals surface area contributed by atoms with Gasteiger partial charge in [-0.15, -0.1) is 0 Å². The zero-order valence-electron chi connectivity index (χ0n) is 18.8. The highest BCUT2D eigenvalue weighted by Gasteiger charge is 2.26. The third-order valence-electron chi connectivity index (χ3n) is 5.66. The van der Waals surface area contributed by atoms with Crippen LogP contribution in [0.2, 0.25) is 0 Å². The van der Waals surface area contributed by atoms with Crippen molar-refractivity contribution in [2.24, 2.45) is 5.92 Å². The lowest BCUT2D eigenvalue weighted by Crippen LogP contribution is -2.37. The molecule has 1 aliphatic rings. The van der Waals surface area contributed by atoms with E-state index in [0.29, 0.717) is 52.9 Å². The Morgan fingerprint density at radius 3 is 2.65 bits per heavy atom. The van der Waals surface area contributed by atoms with Gasteiger partial charge in [-0.1, -0.05) is 23.5 Å². The maximum absolute atomic E-state index is 12.7. The molecule has 0 spiro atoms. The monoisotopic (exact) mass is 477 g/mol. The molecular weight excluding hydrogens is 454 g/mol. The van der Waals surface area contributed by atoms with Gasteiger partial charge in [0, 0.05) is 24.8 Å². The van der Waals surface area contributed by atoms with E-state index >= 15 is 0 Å². The Kier molecular flexibility index (Phi) is 7.04. The lowest BCUT2D eigenvalue weighted by Gasteiger charge is -2.31. The Labute approximate surface area is 201 Å². The van der Waals surface area contributed by atoms with Crippen LogP contribution in [-0.4, -0.2) is 49.2 Å². The number of amides is 1. The molecule has 1 amide bonds. The van der Waals surface area contributed by atoms with Gasteiger partial charge >= 0.3 is 5.97 Å². The van der Waals surface area contributed by atoms with Crippen LogP contribution in [0.4, 0.5) is 10.9 Å². The lowest BCUT2D eigenvalue weighted by atomic mass is 9.97. The molecule has 1 fully saturated rings. The molecule has 3 heterocycles. The molecule has 0 saturated carbocycles. The number of piperidine rings is 1. The number of thiazole rings is 1. The summed E-state index contributed by atoms with van der Waals surface area (Å²) in [5.74, 6) is 0.793. The minimum atomic E-state index is -0.362. The van der Waals surface area contributed by atoms with Crippen LogP contribution in [0.15, 0.2) is 42.6 Å². The lowest BCUT2D eigenvalue weighted by molar-refractivity contribution is -0.146. The summed E-state index contributed by atoms with van der Waals surface area (Å²) in [6.07, 6.45) is 2.92. The van der Waals surface area contributed by atoms with Gasteiger partial charge in [0.1, 0.15) is 28.2 Å². The van der Waals surface area contributed by atoms with E-state index < -0.39 is 0 Å². The van der Waals surface area contributed by atoms with Crippen molar-refractivity contribution in [1.29, 1.82) is 5.26 Å². The number of pyridine rings is 1. The summed E-state index contributed by atoms with van der Waals surface area (Å²) in [5.41, 5.74) is 1.60. The minimum absolute atomic E-state index is 0.0789.